The van der Waals surface area contributed by atoms with E-state index in [0.29, 0.717) is 5.69 Å². The second kappa shape index (κ2) is 6.67. The molecule has 1 N–H and O–H groups in total. The van der Waals surface area contributed by atoms with Gasteiger partial charge in [-0.3, -0.25) is 0 Å². The molecular weight excluding hydrogens is 310 g/mol. The highest BCUT2D eigenvalue weighted by Crippen LogP contribution is 2.29. The van der Waals surface area contributed by atoms with Gasteiger partial charge < -0.3 is 10.1 Å². The van der Waals surface area contributed by atoms with E-state index in [1.54, 1.807) is 0 Å². The Kier molecular flexibility index (Phi) is 4.90. The summed E-state index contributed by atoms with van der Waals surface area (Å²) in [7, 11) is 0. The Labute approximate surface area is 123 Å². The van der Waals surface area contributed by atoms with Crippen molar-refractivity contribution < 1.29 is 22.3 Å². The van der Waals surface area contributed by atoms with Gasteiger partial charge in [-0.25, -0.2) is 8.78 Å². The van der Waals surface area contributed by atoms with Crippen LogP contribution >= 0.6 is 11.6 Å². The van der Waals surface area contributed by atoms with Crippen LogP contribution in [0.5, 0.6) is 5.75 Å². The molecule has 2 aromatic rings. The first-order valence-corrected chi connectivity index (χ1v) is 6.25. The fourth-order valence-electron chi connectivity index (χ4n) is 1.66. The van der Waals surface area contributed by atoms with E-state index in [2.05, 4.69) is 10.1 Å². The van der Waals surface area contributed by atoms with Gasteiger partial charge in [-0.1, -0.05) is 17.7 Å². The number of rotatable bonds is 5. The first-order valence-electron chi connectivity index (χ1n) is 5.88. The molecule has 0 saturated carbocycles. The van der Waals surface area contributed by atoms with Crippen LogP contribution in [0.25, 0.3) is 0 Å². The summed E-state index contributed by atoms with van der Waals surface area (Å²) in [5.41, 5.74) is 0.755. The van der Waals surface area contributed by atoms with Gasteiger partial charge in [0.05, 0.1) is 5.02 Å². The molecule has 0 amide bonds. The van der Waals surface area contributed by atoms with Crippen molar-refractivity contribution >= 4 is 17.3 Å². The maximum absolute atomic E-state index is 13.4. The number of halogens is 5. The average molecular weight is 320 g/mol. The fraction of sp³-hybridized carbons (Fsp3) is 0.143. The van der Waals surface area contributed by atoms with Crippen LogP contribution in [0.15, 0.2) is 36.4 Å². The molecule has 112 valence electrons. The summed E-state index contributed by atoms with van der Waals surface area (Å²) in [5.74, 6) is -1.48. The Balaban J connectivity index is 2.05. The van der Waals surface area contributed by atoms with E-state index in [0.717, 1.165) is 12.1 Å². The smallest absolute Gasteiger partial charge is 0.387 e. The average Bonchev–Trinajstić information content (AvgIpc) is 2.40. The molecule has 2 nitrogen and oxygen atoms in total. The number of anilines is 1. The molecule has 2 aromatic carbocycles. The Morgan fingerprint density at radius 2 is 1.86 bits per heavy atom. The van der Waals surface area contributed by atoms with Crippen LogP contribution in [0, 0.1) is 11.6 Å². The van der Waals surface area contributed by atoms with E-state index >= 15 is 0 Å². The highest BCUT2D eigenvalue weighted by Gasteiger charge is 2.09. The summed E-state index contributed by atoms with van der Waals surface area (Å²) in [4.78, 5) is 0. The maximum Gasteiger partial charge on any atom is 0.387 e. The van der Waals surface area contributed by atoms with Crippen LogP contribution < -0.4 is 10.1 Å². The van der Waals surface area contributed by atoms with Gasteiger partial charge in [0.25, 0.3) is 0 Å². The molecule has 0 aliphatic carbocycles. The maximum atomic E-state index is 13.4. The van der Waals surface area contributed by atoms with Crippen LogP contribution in [-0.4, -0.2) is 6.61 Å². The predicted octanol–water partition coefficient (Wildman–Crippen LogP) is 4.83. The SMILES string of the molecule is Fc1ccc(CNc2ccc(OC(F)F)c(Cl)c2)c(F)c1. The Morgan fingerprint density at radius 1 is 1.10 bits per heavy atom. The third-order valence-electron chi connectivity index (χ3n) is 2.65. The molecule has 0 aromatic heterocycles. The third-order valence-corrected chi connectivity index (χ3v) is 2.94. The summed E-state index contributed by atoms with van der Waals surface area (Å²) in [6, 6.07) is 7.35. The van der Waals surface area contributed by atoms with Crippen LogP contribution in [0.4, 0.5) is 23.2 Å². The number of ether oxygens (including phenoxy) is 1. The van der Waals surface area contributed by atoms with Crippen molar-refractivity contribution in [3.63, 3.8) is 0 Å². The molecule has 0 fully saturated rings. The molecule has 0 bridgehead atoms. The molecule has 0 unspecified atom stereocenters. The highest BCUT2D eigenvalue weighted by atomic mass is 35.5. The van der Waals surface area contributed by atoms with Crippen LogP contribution in [0.3, 0.4) is 0 Å². The Morgan fingerprint density at radius 3 is 2.48 bits per heavy atom. The van der Waals surface area contributed by atoms with Crippen molar-refractivity contribution in [2.75, 3.05) is 5.32 Å². The highest BCUT2D eigenvalue weighted by molar-refractivity contribution is 6.32. The second-order valence-electron chi connectivity index (χ2n) is 4.11. The van der Waals surface area contributed by atoms with Crippen LogP contribution in [-0.2, 0) is 6.54 Å². The molecule has 2 rings (SSSR count). The molecule has 0 radical (unpaired) electrons. The van der Waals surface area contributed by atoms with Crippen molar-refractivity contribution in [3.8, 4) is 5.75 Å². The fourth-order valence-corrected chi connectivity index (χ4v) is 1.89. The van der Waals surface area contributed by atoms with Gasteiger partial charge in [0.2, 0.25) is 0 Å². The first kappa shape index (κ1) is 15.4. The normalized spacial score (nSPS) is 10.8. The lowest BCUT2D eigenvalue weighted by atomic mass is 10.2. The summed E-state index contributed by atoms with van der Waals surface area (Å²) in [6.45, 7) is -2.87. The predicted molar refractivity (Wildman–Crippen MR) is 71.8 cm³/mol. The standard InChI is InChI=1S/C14H10ClF4NO/c15-11-6-10(3-4-13(11)21-14(18)19)20-7-8-1-2-9(16)5-12(8)17/h1-6,14,20H,7H2. The zero-order valence-corrected chi connectivity index (χ0v) is 11.3. The minimum atomic E-state index is -2.96. The summed E-state index contributed by atoms with van der Waals surface area (Å²) < 4.78 is 54.5. The molecule has 0 spiro atoms. The molecular formula is C14H10ClF4NO. The first-order chi connectivity index (χ1) is 9.95. The van der Waals surface area contributed by atoms with Crippen molar-refractivity contribution in [2.24, 2.45) is 0 Å². The lowest BCUT2D eigenvalue weighted by Crippen LogP contribution is -2.04. The van der Waals surface area contributed by atoms with Crippen LogP contribution in [0.1, 0.15) is 5.56 Å². The number of alkyl halides is 2. The molecule has 0 atom stereocenters. The van der Waals surface area contributed by atoms with Crippen molar-refractivity contribution in [3.05, 3.63) is 58.6 Å². The molecule has 0 aliphatic heterocycles. The van der Waals surface area contributed by atoms with E-state index in [4.69, 9.17) is 11.6 Å². The van der Waals surface area contributed by atoms with E-state index in [9.17, 15) is 17.6 Å². The van der Waals surface area contributed by atoms with E-state index < -0.39 is 18.2 Å². The largest absolute Gasteiger partial charge is 0.433 e. The molecule has 7 heteroatoms. The van der Waals surface area contributed by atoms with Gasteiger partial charge in [0.15, 0.2) is 0 Å². The molecule has 0 aliphatic rings. The van der Waals surface area contributed by atoms with Gasteiger partial charge in [0.1, 0.15) is 17.4 Å². The summed E-state index contributed by atoms with van der Waals surface area (Å²) in [5, 5.41) is 2.85. The Bertz CT molecular complexity index is 636. The van der Waals surface area contributed by atoms with E-state index in [-0.39, 0.29) is 22.9 Å². The Hall–Kier alpha value is -1.95. The minimum absolute atomic E-state index is 0.000113. The number of benzene rings is 2. The zero-order valence-electron chi connectivity index (χ0n) is 10.5. The monoisotopic (exact) mass is 319 g/mol. The van der Waals surface area contributed by atoms with E-state index in [1.807, 2.05) is 0 Å². The lowest BCUT2D eigenvalue weighted by molar-refractivity contribution is -0.0497. The molecule has 0 heterocycles. The quantitative estimate of drug-likeness (QED) is 0.797. The van der Waals surface area contributed by atoms with E-state index in [1.165, 1.54) is 24.3 Å². The van der Waals surface area contributed by atoms with Crippen molar-refractivity contribution in [1.82, 2.24) is 0 Å². The van der Waals surface area contributed by atoms with Crippen molar-refractivity contribution in [1.29, 1.82) is 0 Å². The van der Waals surface area contributed by atoms with Crippen molar-refractivity contribution in [2.45, 2.75) is 13.2 Å². The number of nitrogens with one attached hydrogen (secondary N) is 1. The topological polar surface area (TPSA) is 21.3 Å². The van der Waals surface area contributed by atoms with Gasteiger partial charge in [-0.15, -0.1) is 0 Å². The number of hydrogen-bond acceptors (Lipinski definition) is 2. The summed E-state index contributed by atoms with van der Waals surface area (Å²) >= 11 is 5.79. The third kappa shape index (κ3) is 4.26. The lowest BCUT2D eigenvalue weighted by Gasteiger charge is -2.11. The van der Waals surface area contributed by atoms with Gasteiger partial charge >= 0.3 is 6.61 Å². The minimum Gasteiger partial charge on any atom is -0.433 e. The van der Waals surface area contributed by atoms with Gasteiger partial charge in [-0.2, -0.15) is 8.78 Å². The van der Waals surface area contributed by atoms with Gasteiger partial charge in [0, 0.05) is 23.9 Å². The number of hydrogen-bond donors (Lipinski definition) is 1. The molecule has 0 saturated heterocycles. The summed E-state index contributed by atoms with van der Waals surface area (Å²) in [6.07, 6.45) is 0. The molecule has 21 heavy (non-hydrogen) atoms. The zero-order chi connectivity index (χ0) is 15.4. The second-order valence-corrected chi connectivity index (χ2v) is 4.52. The van der Waals surface area contributed by atoms with Gasteiger partial charge in [-0.05, 0) is 24.3 Å². The van der Waals surface area contributed by atoms with Crippen LogP contribution in [0.2, 0.25) is 5.02 Å².